The maximum atomic E-state index is 12.6. The summed E-state index contributed by atoms with van der Waals surface area (Å²) < 4.78 is 71.9. The van der Waals surface area contributed by atoms with E-state index in [0.717, 1.165) is 0 Å². The van der Waals surface area contributed by atoms with E-state index in [4.69, 9.17) is 61.6 Å². The maximum Gasteiger partial charge on any atom is 0.338 e. The van der Waals surface area contributed by atoms with E-state index in [1.165, 1.54) is 0 Å². The van der Waals surface area contributed by atoms with Crippen LogP contribution in [0.3, 0.4) is 0 Å². The Morgan fingerprint density at radius 2 is 1.09 bits per heavy atom. The molecule has 0 aromatic heterocycles. The molecule has 0 bridgehead atoms. The van der Waals surface area contributed by atoms with Gasteiger partial charge in [-0.1, -0.05) is 6.92 Å². The molecule has 0 aliphatic carbocycles. The predicted octanol–water partition coefficient (Wildman–Crippen LogP) is -0.399. The fourth-order valence-electron chi connectivity index (χ4n) is 4.32. The minimum Gasteiger partial charge on any atom is -0.464 e. The molecular weight excluding hydrogens is 596 g/mol. The Labute approximate surface area is 254 Å². The largest absolute Gasteiger partial charge is 0.464 e. The monoisotopic (exact) mass is 638 g/mol. The molecule has 252 valence electrons. The zero-order chi connectivity index (χ0) is 32.0. The molecule has 0 amide bonds. The summed E-state index contributed by atoms with van der Waals surface area (Å²) in [6, 6.07) is 0. The highest BCUT2D eigenvalue weighted by atomic mass is 16.9. The van der Waals surface area contributed by atoms with Gasteiger partial charge in [0.05, 0.1) is 52.9 Å². The van der Waals surface area contributed by atoms with E-state index in [0.29, 0.717) is 6.42 Å². The zero-order valence-corrected chi connectivity index (χ0v) is 25.4. The van der Waals surface area contributed by atoms with Crippen molar-refractivity contribution < 1.29 is 80.8 Å². The van der Waals surface area contributed by atoms with Crippen molar-refractivity contribution in [3.63, 3.8) is 0 Å². The summed E-state index contributed by atoms with van der Waals surface area (Å²) in [6.07, 6.45) is -4.40. The molecule has 3 saturated heterocycles. The Bertz CT molecular complexity index is 917. The second-order valence-corrected chi connectivity index (χ2v) is 9.38. The summed E-state index contributed by atoms with van der Waals surface area (Å²) in [5, 5.41) is 0. The standard InChI is InChI=1S/C27H42O17/c1-5-18-20(23(29)35-6-2)42-26(41-18)16-34-11-14-40-27(17-33-9-12-38-19(28)15-32-10-13-39-26)43-21(24(30)36-7-3)22(44-27)25(31)37-8-4/h18,20-22H,5-17H2,1-4H3. The van der Waals surface area contributed by atoms with Crippen molar-refractivity contribution in [2.75, 3.05) is 79.3 Å². The van der Waals surface area contributed by atoms with Gasteiger partial charge in [-0.25, -0.2) is 19.2 Å². The highest BCUT2D eigenvalue weighted by Gasteiger charge is 2.57. The molecule has 0 radical (unpaired) electrons. The van der Waals surface area contributed by atoms with E-state index in [-0.39, 0.29) is 72.7 Å². The average Bonchev–Trinajstić information content (AvgIpc) is 3.57. The number of ether oxygens (including phenoxy) is 13. The van der Waals surface area contributed by atoms with Crippen LogP contribution in [0.5, 0.6) is 0 Å². The molecule has 3 aliphatic rings. The van der Waals surface area contributed by atoms with Gasteiger partial charge in [0.25, 0.3) is 0 Å². The van der Waals surface area contributed by atoms with Crippen LogP contribution in [0.25, 0.3) is 0 Å². The molecule has 2 spiro atoms. The first-order valence-corrected chi connectivity index (χ1v) is 14.6. The molecule has 3 heterocycles. The zero-order valence-electron chi connectivity index (χ0n) is 25.4. The van der Waals surface area contributed by atoms with Crippen LogP contribution in [0, 0.1) is 0 Å². The Hall–Kier alpha value is -2.48. The lowest BCUT2D eigenvalue weighted by Gasteiger charge is -2.29. The topological polar surface area (TPSA) is 188 Å². The van der Waals surface area contributed by atoms with Gasteiger partial charge in [0.15, 0.2) is 18.3 Å². The third-order valence-corrected chi connectivity index (χ3v) is 6.19. The van der Waals surface area contributed by atoms with Gasteiger partial charge in [0, 0.05) is 0 Å². The van der Waals surface area contributed by atoms with Crippen LogP contribution in [0.15, 0.2) is 0 Å². The second kappa shape index (κ2) is 17.9. The molecule has 3 aliphatic heterocycles. The van der Waals surface area contributed by atoms with Gasteiger partial charge in [-0.05, 0) is 27.2 Å². The van der Waals surface area contributed by atoms with Crippen molar-refractivity contribution in [1.82, 2.24) is 0 Å². The number of hydrogen-bond donors (Lipinski definition) is 0. The lowest BCUT2D eigenvalue weighted by molar-refractivity contribution is -0.370. The normalized spacial score (nSPS) is 32.9. The number of carbonyl (C=O) groups is 4. The third-order valence-electron chi connectivity index (χ3n) is 6.19. The number of carbonyl (C=O) groups excluding carboxylic acids is 4. The molecule has 3 fully saturated rings. The van der Waals surface area contributed by atoms with Gasteiger partial charge in [-0.3, -0.25) is 0 Å². The predicted molar refractivity (Wildman–Crippen MR) is 140 cm³/mol. The van der Waals surface area contributed by atoms with Crippen molar-refractivity contribution in [2.24, 2.45) is 0 Å². The first-order chi connectivity index (χ1) is 21.2. The van der Waals surface area contributed by atoms with Crippen LogP contribution < -0.4 is 0 Å². The van der Waals surface area contributed by atoms with Crippen molar-refractivity contribution in [2.45, 2.75) is 70.5 Å². The van der Waals surface area contributed by atoms with Crippen LogP contribution in [-0.4, -0.2) is 140 Å². The molecule has 5 atom stereocenters. The van der Waals surface area contributed by atoms with Crippen LogP contribution in [-0.2, 0) is 80.8 Å². The Balaban J connectivity index is 1.75. The van der Waals surface area contributed by atoms with Gasteiger partial charge < -0.3 is 61.6 Å². The minimum atomic E-state index is -2.06. The van der Waals surface area contributed by atoms with Crippen molar-refractivity contribution >= 4 is 23.9 Å². The lowest BCUT2D eigenvalue weighted by Crippen LogP contribution is -2.44. The minimum absolute atomic E-state index is 0.0192. The molecule has 3 rings (SSSR count). The summed E-state index contributed by atoms with van der Waals surface area (Å²) in [4.78, 5) is 49.8. The number of hydrogen-bond acceptors (Lipinski definition) is 17. The Kier molecular flexibility index (Phi) is 14.6. The summed E-state index contributed by atoms with van der Waals surface area (Å²) in [5.41, 5.74) is 0. The molecule has 0 N–H and O–H groups in total. The van der Waals surface area contributed by atoms with Crippen molar-refractivity contribution in [1.29, 1.82) is 0 Å². The number of esters is 4. The SMILES string of the molecule is CCOC(=O)C1OC2(COCCOC3(COCCOC(=O)COCCO2)OC(C(=O)OCC)C(C(=O)OCC)O3)OC1CC. The van der Waals surface area contributed by atoms with Gasteiger partial charge in [0.1, 0.15) is 32.5 Å². The molecule has 17 heteroatoms. The highest BCUT2D eigenvalue weighted by Crippen LogP contribution is 2.34. The molecule has 17 nitrogen and oxygen atoms in total. The Morgan fingerprint density at radius 3 is 1.61 bits per heavy atom. The smallest absolute Gasteiger partial charge is 0.338 e. The van der Waals surface area contributed by atoms with E-state index in [9.17, 15) is 19.2 Å². The lowest BCUT2D eigenvalue weighted by atomic mass is 10.1. The first-order valence-electron chi connectivity index (χ1n) is 14.6. The van der Waals surface area contributed by atoms with Crippen LogP contribution in [0.1, 0.15) is 34.1 Å². The quantitative estimate of drug-likeness (QED) is 0.258. The van der Waals surface area contributed by atoms with Crippen LogP contribution in [0.4, 0.5) is 0 Å². The van der Waals surface area contributed by atoms with E-state index in [1.54, 1.807) is 27.7 Å². The van der Waals surface area contributed by atoms with Crippen molar-refractivity contribution in [3.05, 3.63) is 0 Å². The van der Waals surface area contributed by atoms with E-state index in [1.807, 2.05) is 0 Å². The van der Waals surface area contributed by atoms with E-state index in [2.05, 4.69) is 0 Å². The van der Waals surface area contributed by atoms with Gasteiger partial charge in [-0.15, -0.1) is 0 Å². The van der Waals surface area contributed by atoms with E-state index < -0.39 is 66.8 Å². The molecule has 0 aromatic rings. The fourth-order valence-corrected chi connectivity index (χ4v) is 4.32. The number of cyclic esters (lactones) is 1. The Morgan fingerprint density at radius 1 is 0.636 bits per heavy atom. The second-order valence-electron chi connectivity index (χ2n) is 9.38. The van der Waals surface area contributed by atoms with Gasteiger partial charge >= 0.3 is 35.8 Å². The highest BCUT2D eigenvalue weighted by molar-refractivity contribution is 5.86. The van der Waals surface area contributed by atoms with Gasteiger partial charge in [-0.2, -0.15) is 0 Å². The first kappa shape index (κ1) is 36.0. The van der Waals surface area contributed by atoms with Crippen LogP contribution in [0.2, 0.25) is 0 Å². The summed E-state index contributed by atoms with van der Waals surface area (Å²) in [7, 11) is 0. The summed E-state index contributed by atoms with van der Waals surface area (Å²) in [5.74, 6) is -6.89. The molecule has 5 unspecified atom stereocenters. The fraction of sp³-hybridized carbons (Fsp3) is 0.852. The van der Waals surface area contributed by atoms with Crippen LogP contribution >= 0.6 is 0 Å². The maximum absolute atomic E-state index is 12.6. The summed E-state index contributed by atoms with van der Waals surface area (Å²) >= 11 is 0. The van der Waals surface area contributed by atoms with E-state index >= 15 is 0 Å². The number of rotatable bonds is 7. The molecular formula is C27H42O17. The van der Waals surface area contributed by atoms with Gasteiger partial charge in [0.2, 0.25) is 0 Å². The molecule has 0 aromatic carbocycles. The van der Waals surface area contributed by atoms with Crippen molar-refractivity contribution in [3.8, 4) is 0 Å². The summed E-state index contributed by atoms with van der Waals surface area (Å²) in [6.45, 7) is 5.02. The third kappa shape index (κ3) is 10.0. The average molecular weight is 639 g/mol. The molecule has 44 heavy (non-hydrogen) atoms. The molecule has 0 saturated carbocycles.